The molecule has 2 rings (SSSR count). The first-order valence-corrected chi connectivity index (χ1v) is 9.25. The maximum Gasteiger partial charge on any atom is 0.264 e. The van der Waals surface area contributed by atoms with E-state index in [0.717, 1.165) is 23.4 Å². The molecule has 0 aliphatic heterocycles. The van der Waals surface area contributed by atoms with Crippen molar-refractivity contribution in [3.8, 4) is 0 Å². The predicted molar refractivity (Wildman–Crippen MR) is 89.0 cm³/mol. The fourth-order valence-corrected chi connectivity index (χ4v) is 4.93. The third-order valence-electron chi connectivity index (χ3n) is 2.67. The van der Waals surface area contributed by atoms with Crippen LogP contribution in [0.15, 0.2) is 35.2 Å². The van der Waals surface area contributed by atoms with Crippen LogP contribution in [0.25, 0.3) is 0 Å². The Morgan fingerprint density at radius 3 is 2.62 bits per heavy atom. The molecule has 0 saturated carbocycles. The van der Waals surface area contributed by atoms with Gasteiger partial charge in [-0.1, -0.05) is 42.3 Å². The minimum Gasteiger partial charge on any atom is -0.313 e. The Kier molecular flexibility index (Phi) is 5.51. The zero-order valence-corrected chi connectivity index (χ0v) is 14.3. The van der Waals surface area contributed by atoms with E-state index in [2.05, 4.69) is 10.0 Å². The van der Waals surface area contributed by atoms with Gasteiger partial charge in [0.2, 0.25) is 0 Å². The number of benzene rings is 1. The van der Waals surface area contributed by atoms with Crippen LogP contribution in [0.1, 0.15) is 12.5 Å². The third kappa shape index (κ3) is 4.34. The summed E-state index contributed by atoms with van der Waals surface area (Å²) >= 11 is 12.7. The van der Waals surface area contributed by atoms with Crippen LogP contribution in [0.2, 0.25) is 8.67 Å². The highest BCUT2D eigenvalue weighted by Gasteiger charge is 2.21. The van der Waals surface area contributed by atoms with E-state index in [4.69, 9.17) is 23.2 Å². The highest BCUT2D eigenvalue weighted by atomic mass is 35.5. The zero-order valence-electron chi connectivity index (χ0n) is 11.2. The first-order valence-electron chi connectivity index (χ1n) is 6.19. The van der Waals surface area contributed by atoms with Crippen LogP contribution < -0.4 is 10.0 Å². The van der Waals surface area contributed by atoms with Crippen molar-refractivity contribution in [2.45, 2.75) is 18.4 Å². The van der Waals surface area contributed by atoms with E-state index >= 15 is 0 Å². The van der Waals surface area contributed by atoms with Gasteiger partial charge in [0, 0.05) is 12.2 Å². The highest BCUT2D eigenvalue weighted by Crippen LogP contribution is 2.35. The van der Waals surface area contributed by atoms with Crippen molar-refractivity contribution in [2.24, 2.45) is 0 Å². The molecule has 0 radical (unpaired) electrons. The number of hydrogen-bond acceptors (Lipinski definition) is 4. The number of sulfonamides is 1. The van der Waals surface area contributed by atoms with Gasteiger partial charge < -0.3 is 5.32 Å². The van der Waals surface area contributed by atoms with Crippen molar-refractivity contribution < 1.29 is 8.42 Å². The van der Waals surface area contributed by atoms with Gasteiger partial charge in [0.25, 0.3) is 10.0 Å². The molecule has 1 heterocycles. The predicted octanol–water partition coefficient (Wildman–Crippen LogP) is 3.97. The van der Waals surface area contributed by atoms with Crippen molar-refractivity contribution in [1.82, 2.24) is 5.32 Å². The quantitative estimate of drug-likeness (QED) is 0.815. The maximum absolute atomic E-state index is 12.3. The summed E-state index contributed by atoms with van der Waals surface area (Å²) in [6.45, 7) is 3.53. The Labute approximate surface area is 138 Å². The van der Waals surface area contributed by atoms with Crippen molar-refractivity contribution in [3.05, 3.63) is 44.6 Å². The lowest BCUT2D eigenvalue weighted by Gasteiger charge is -2.09. The third-order valence-corrected chi connectivity index (χ3v) is 5.81. The Bertz CT molecular complexity index is 730. The molecule has 0 saturated heterocycles. The number of rotatable bonds is 6. The molecule has 114 valence electrons. The molecule has 4 nitrogen and oxygen atoms in total. The summed E-state index contributed by atoms with van der Waals surface area (Å²) in [5, 5.41) is 3.18. The largest absolute Gasteiger partial charge is 0.313 e. The smallest absolute Gasteiger partial charge is 0.264 e. The van der Waals surface area contributed by atoms with Gasteiger partial charge in [0.15, 0.2) is 0 Å². The molecule has 2 aromatic rings. The molecule has 2 N–H and O–H groups in total. The van der Waals surface area contributed by atoms with E-state index < -0.39 is 10.0 Å². The fourth-order valence-electron chi connectivity index (χ4n) is 1.73. The van der Waals surface area contributed by atoms with Gasteiger partial charge in [-0.15, -0.1) is 11.3 Å². The van der Waals surface area contributed by atoms with Crippen molar-refractivity contribution in [2.75, 3.05) is 11.3 Å². The highest BCUT2D eigenvalue weighted by molar-refractivity contribution is 7.93. The molecule has 0 amide bonds. The summed E-state index contributed by atoms with van der Waals surface area (Å²) in [5.41, 5.74) is 1.48. The second-order valence-corrected chi connectivity index (χ2v) is 8.21. The summed E-state index contributed by atoms with van der Waals surface area (Å²) in [4.78, 5) is -0.00347. The van der Waals surface area contributed by atoms with Crippen LogP contribution >= 0.6 is 34.5 Å². The van der Waals surface area contributed by atoms with E-state index in [1.807, 2.05) is 13.0 Å². The molecule has 1 aromatic heterocycles. The Morgan fingerprint density at radius 2 is 2.00 bits per heavy atom. The SMILES string of the molecule is CCNCc1cccc(NS(=O)(=O)c2cc(Cl)sc2Cl)c1. The lowest BCUT2D eigenvalue weighted by atomic mass is 10.2. The normalized spacial score (nSPS) is 11.6. The first-order chi connectivity index (χ1) is 9.92. The van der Waals surface area contributed by atoms with E-state index in [0.29, 0.717) is 16.6 Å². The van der Waals surface area contributed by atoms with Crippen LogP contribution in [0.3, 0.4) is 0 Å². The molecule has 0 spiro atoms. The van der Waals surface area contributed by atoms with Gasteiger partial charge in [-0.3, -0.25) is 4.72 Å². The average Bonchev–Trinajstić information content (AvgIpc) is 2.76. The van der Waals surface area contributed by atoms with Crippen molar-refractivity contribution >= 4 is 50.2 Å². The zero-order chi connectivity index (χ0) is 15.5. The monoisotopic (exact) mass is 364 g/mol. The van der Waals surface area contributed by atoms with Crippen LogP contribution in [-0.2, 0) is 16.6 Å². The molecule has 0 bridgehead atoms. The molecule has 0 fully saturated rings. The van der Waals surface area contributed by atoms with Crippen molar-refractivity contribution in [3.63, 3.8) is 0 Å². The Hall–Kier alpha value is -0.790. The lowest BCUT2D eigenvalue weighted by Crippen LogP contribution is -2.14. The van der Waals surface area contributed by atoms with E-state index in [9.17, 15) is 8.42 Å². The molecule has 8 heteroatoms. The standard InChI is InChI=1S/C13H14Cl2N2O2S2/c1-2-16-8-9-4-3-5-10(6-9)17-21(18,19)11-7-12(14)20-13(11)15/h3-7,16-17H,2,8H2,1H3. The number of anilines is 1. The molecular weight excluding hydrogens is 351 g/mol. The molecule has 0 unspecified atom stereocenters. The molecule has 0 aliphatic rings. The maximum atomic E-state index is 12.3. The van der Waals surface area contributed by atoms with Crippen molar-refractivity contribution in [1.29, 1.82) is 0 Å². The summed E-state index contributed by atoms with van der Waals surface area (Å²) in [6, 6.07) is 8.54. The summed E-state index contributed by atoms with van der Waals surface area (Å²) in [6.07, 6.45) is 0. The van der Waals surface area contributed by atoms with Crippen LogP contribution in [0.4, 0.5) is 5.69 Å². The van der Waals surface area contributed by atoms with Gasteiger partial charge >= 0.3 is 0 Å². The average molecular weight is 365 g/mol. The lowest BCUT2D eigenvalue weighted by molar-refractivity contribution is 0.601. The number of nitrogens with one attached hydrogen (secondary N) is 2. The second-order valence-electron chi connectivity index (χ2n) is 4.27. The molecular formula is C13H14Cl2N2O2S2. The van der Waals surface area contributed by atoms with Crippen LogP contribution in [0, 0.1) is 0 Å². The van der Waals surface area contributed by atoms with E-state index in [-0.39, 0.29) is 9.23 Å². The fraction of sp³-hybridized carbons (Fsp3) is 0.231. The van der Waals surface area contributed by atoms with E-state index in [1.165, 1.54) is 6.07 Å². The Balaban J connectivity index is 2.22. The summed E-state index contributed by atoms with van der Waals surface area (Å²) in [5.74, 6) is 0. The van der Waals surface area contributed by atoms with Gasteiger partial charge in [-0.05, 0) is 30.3 Å². The van der Waals surface area contributed by atoms with Gasteiger partial charge in [-0.25, -0.2) is 8.42 Å². The summed E-state index contributed by atoms with van der Waals surface area (Å²) in [7, 11) is -3.74. The number of hydrogen-bond donors (Lipinski definition) is 2. The first kappa shape index (κ1) is 16.6. The van der Waals surface area contributed by atoms with E-state index in [1.54, 1.807) is 18.2 Å². The van der Waals surface area contributed by atoms with Gasteiger partial charge in [-0.2, -0.15) is 0 Å². The summed E-state index contributed by atoms with van der Waals surface area (Å²) < 4.78 is 27.6. The van der Waals surface area contributed by atoms with Crippen LogP contribution in [-0.4, -0.2) is 15.0 Å². The topological polar surface area (TPSA) is 58.2 Å². The second kappa shape index (κ2) is 6.98. The molecule has 1 aromatic carbocycles. The van der Waals surface area contributed by atoms with Gasteiger partial charge in [0.1, 0.15) is 9.23 Å². The molecule has 21 heavy (non-hydrogen) atoms. The number of halogens is 2. The molecule has 0 atom stereocenters. The Morgan fingerprint density at radius 1 is 1.24 bits per heavy atom. The minimum absolute atomic E-state index is 0.00347. The van der Waals surface area contributed by atoms with Gasteiger partial charge in [0.05, 0.1) is 4.34 Å². The molecule has 0 aliphatic carbocycles. The van der Waals surface area contributed by atoms with Crippen LogP contribution in [0.5, 0.6) is 0 Å². The number of thiophene rings is 1. The minimum atomic E-state index is -3.74.